The van der Waals surface area contributed by atoms with Gasteiger partial charge in [0.15, 0.2) is 0 Å². The first kappa shape index (κ1) is 20.5. The predicted octanol–water partition coefficient (Wildman–Crippen LogP) is 5.64. The number of carboxylic acids is 1. The fourth-order valence-corrected chi connectivity index (χ4v) is 1.90. The predicted molar refractivity (Wildman–Crippen MR) is 88.6 cm³/mol. The highest BCUT2D eigenvalue weighted by atomic mass is 35.5. The highest BCUT2D eigenvalue weighted by molar-refractivity contribution is 6.61. The minimum Gasteiger partial charge on any atom is -0.481 e. The van der Waals surface area contributed by atoms with Crippen LogP contribution in [0, 0.1) is 0 Å². The average molecular weight is 329 g/mol. The van der Waals surface area contributed by atoms with Crippen LogP contribution in [-0.4, -0.2) is 16.5 Å². The minimum absolute atomic E-state index is 0.341. The molecule has 0 saturated heterocycles. The molecule has 4 nitrogen and oxygen atoms in total. The third-order valence-electron chi connectivity index (χ3n) is 2.94. The molecular formula is C17H25ClO4. The van der Waals surface area contributed by atoms with Crippen molar-refractivity contribution in [1.29, 1.82) is 0 Å². The lowest BCUT2D eigenvalue weighted by atomic mass is 10.1. The number of hydrogen-bond acceptors (Lipinski definition) is 3. The first-order chi connectivity index (χ1) is 10.6. The van der Waals surface area contributed by atoms with Crippen LogP contribution in [0.3, 0.4) is 0 Å². The Morgan fingerprint density at radius 3 is 2.05 bits per heavy atom. The molecule has 0 unspecified atom stereocenters. The van der Waals surface area contributed by atoms with Gasteiger partial charge in [0, 0.05) is 18.0 Å². The Morgan fingerprint density at radius 2 is 1.55 bits per heavy atom. The van der Waals surface area contributed by atoms with Gasteiger partial charge in [-0.25, -0.2) is 4.79 Å². The summed E-state index contributed by atoms with van der Waals surface area (Å²) in [5.74, 6) is -0.203. The largest absolute Gasteiger partial charge is 0.481 e. The Hall–Kier alpha value is -1.55. The molecule has 1 aromatic rings. The minimum atomic E-state index is -0.814. The summed E-state index contributed by atoms with van der Waals surface area (Å²) in [5, 5.41) is 8.35. The molecular weight excluding hydrogens is 304 g/mol. The highest BCUT2D eigenvalue weighted by Crippen LogP contribution is 2.09. The van der Waals surface area contributed by atoms with Gasteiger partial charge in [-0.15, -0.1) is 0 Å². The van der Waals surface area contributed by atoms with Crippen molar-refractivity contribution in [2.24, 2.45) is 0 Å². The van der Waals surface area contributed by atoms with Gasteiger partial charge in [-0.1, -0.05) is 63.6 Å². The maximum atomic E-state index is 10.2. The number of aliphatic carboxylic acids is 1. The van der Waals surface area contributed by atoms with Crippen molar-refractivity contribution in [1.82, 2.24) is 0 Å². The quantitative estimate of drug-likeness (QED) is 0.471. The summed E-state index contributed by atoms with van der Waals surface area (Å²) >= 11 is 4.95. The number of carbonyl (C=O) groups excluding carboxylic acids is 1. The van der Waals surface area contributed by atoms with Crippen molar-refractivity contribution in [3.63, 3.8) is 0 Å². The molecule has 0 heterocycles. The number of carboxylic acid groups (broad SMARTS) is 1. The van der Waals surface area contributed by atoms with Crippen LogP contribution in [0.15, 0.2) is 30.3 Å². The van der Waals surface area contributed by atoms with Crippen molar-refractivity contribution in [2.45, 2.75) is 58.3 Å². The first-order valence-electron chi connectivity index (χ1n) is 7.70. The van der Waals surface area contributed by atoms with E-state index < -0.39 is 11.4 Å². The molecule has 0 atom stereocenters. The van der Waals surface area contributed by atoms with Gasteiger partial charge in [0.1, 0.15) is 5.75 Å². The number of hydrogen-bond donors (Lipinski definition) is 1. The van der Waals surface area contributed by atoms with E-state index in [4.69, 9.17) is 16.7 Å². The molecule has 0 aliphatic heterocycles. The first-order valence-corrected chi connectivity index (χ1v) is 8.08. The number of ether oxygens (including phenoxy) is 1. The Balaban J connectivity index is 0.000000406. The molecule has 0 aliphatic carbocycles. The van der Waals surface area contributed by atoms with Crippen molar-refractivity contribution in [3.8, 4) is 5.75 Å². The van der Waals surface area contributed by atoms with E-state index in [0.29, 0.717) is 12.2 Å². The SMILES string of the molecule is CCCCCCCCCC(=O)O.O=C(Cl)Oc1ccccc1. The molecule has 0 aliphatic rings. The molecule has 1 rings (SSSR count). The molecule has 0 fully saturated rings. The number of para-hydroxylation sites is 1. The van der Waals surface area contributed by atoms with E-state index in [0.717, 1.165) is 12.8 Å². The summed E-state index contributed by atoms with van der Waals surface area (Å²) in [4.78, 5) is 20.3. The average Bonchev–Trinajstić information content (AvgIpc) is 2.47. The second-order valence-electron chi connectivity index (χ2n) is 4.92. The second kappa shape index (κ2) is 14.4. The number of rotatable bonds is 9. The van der Waals surface area contributed by atoms with Crippen molar-refractivity contribution < 1.29 is 19.4 Å². The Labute approximate surface area is 137 Å². The Bertz CT molecular complexity index is 406. The lowest BCUT2D eigenvalue weighted by Gasteiger charge is -1.98. The van der Waals surface area contributed by atoms with Gasteiger partial charge in [0.2, 0.25) is 0 Å². The molecule has 22 heavy (non-hydrogen) atoms. The van der Waals surface area contributed by atoms with Gasteiger partial charge in [-0.05, 0) is 18.6 Å². The van der Waals surface area contributed by atoms with Crippen LogP contribution in [0.4, 0.5) is 4.79 Å². The van der Waals surface area contributed by atoms with Crippen LogP contribution in [0.25, 0.3) is 0 Å². The summed E-state index contributed by atoms with van der Waals surface area (Å²) in [6.45, 7) is 2.20. The molecule has 0 saturated carbocycles. The summed E-state index contributed by atoms with van der Waals surface area (Å²) in [7, 11) is 0. The van der Waals surface area contributed by atoms with Gasteiger partial charge in [0.05, 0.1) is 0 Å². The van der Waals surface area contributed by atoms with Gasteiger partial charge in [-0.3, -0.25) is 4.79 Å². The zero-order valence-electron chi connectivity index (χ0n) is 13.1. The zero-order chi connectivity index (χ0) is 16.6. The topological polar surface area (TPSA) is 63.6 Å². The monoisotopic (exact) mass is 328 g/mol. The molecule has 0 amide bonds. The van der Waals surface area contributed by atoms with Crippen LogP contribution in [0.5, 0.6) is 5.75 Å². The third-order valence-corrected chi connectivity index (χ3v) is 3.01. The van der Waals surface area contributed by atoms with Crippen molar-refractivity contribution in [3.05, 3.63) is 30.3 Å². The number of benzene rings is 1. The van der Waals surface area contributed by atoms with Crippen LogP contribution >= 0.6 is 11.6 Å². The standard InChI is InChI=1S/C10H20O2.C7H5ClO2/c1-2-3-4-5-6-7-8-9-10(11)12;8-7(9)10-6-4-2-1-3-5-6/h2-9H2,1H3,(H,11,12);1-5H. The summed E-state index contributed by atoms with van der Waals surface area (Å²) in [6, 6.07) is 8.65. The van der Waals surface area contributed by atoms with Crippen LogP contribution < -0.4 is 4.74 Å². The van der Waals surface area contributed by atoms with E-state index in [9.17, 15) is 9.59 Å². The van der Waals surface area contributed by atoms with Gasteiger partial charge < -0.3 is 9.84 Å². The zero-order valence-corrected chi connectivity index (χ0v) is 13.8. The second-order valence-corrected chi connectivity index (χ2v) is 5.23. The fourth-order valence-electron chi connectivity index (χ4n) is 1.81. The van der Waals surface area contributed by atoms with E-state index in [2.05, 4.69) is 11.7 Å². The lowest BCUT2D eigenvalue weighted by Crippen LogP contribution is -1.94. The highest BCUT2D eigenvalue weighted by Gasteiger charge is 1.96. The van der Waals surface area contributed by atoms with Gasteiger partial charge in [-0.2, -0.15) is 0 Å². The smallest absolute Gasteiger partial charge is 0.409 e. The fraction of sp³-hybridized carbons (Fsp3) is 0.529. The number of unbranched alkanes of at least 4 members (excludes halogenated alkanes) is 6. The normalized spacial score (nSPS) is 9.55. The molecule has 1 aromatic carbocycles. The molecule has 0 spiro atoms. The molecule has 0 aromatic heterocycles. The molecule has 1 N–H and O–H groups in total. The molecule has 124 valence electrons. The van der Waals surface area contributed by atoms with Crippen LogP contribution in [0.1, 0.15) is 58.3 Å². The Kier molecular flexibility index (Phi) is 13.4. The van der Waals surface area contributed by atoms with E-state index in [1.165, 1.54) is 32.1 Å². The third kappa shape index (κ3) is 14.9. The number of halogens is 1. The molecule has 0 radical (unpaired) electrons. The van der Waals surface area contributed by atoms with Crippen LogP contribution in [-0.2, 0) is 4.79 Å². The van der Waals surface area contributed by atoms with Gasteiger partial charge in [0.25, 0.3) is 0 Å². The van der Waals surface area contributed by atoms with Crippen molar-refractivity contribution in [2.75, 3.05) is 0 Å². The number of carbonyl (C=O) groups is 2. The van der Waals surface area contributed by atoms with E-state index in [-0.39, 0.29) is 0 Å². The maximum absolute atomic E-state index is 10.2. The lowest BCUT2D eigenvalue weighted by molar-refractivity contribution is -0.137. The van der Waals surface area contributed by atoms with E-state index in [1.54, 1.807) is 24.3 Å². The van der Waals surface area contributed by atoms with Crippen molar-refractivity contribution >= 4 is 23.0 Å². The van der Waals surface area contributed by atoms with E-state index in [1.807, 2.05) is 6.07 Å². The van der Waals surface area contributed by atoms with Crippen LogP contribution in [0.2, 0.25) is 0 Å². The summed E-state index contributed by atoms with van der Waals surface area (Å²) in [5.41, 5.74) is -0.814. The van der Waals surface area contributed by atoms with Gasteiger partial charge >= 0.3 is 11.4 Å². The van der Waals surface area contributed by atoms with E-state index >= 15 is 0 Å². The summed E-state index contributed by atoms with van der Waals surface area (Å²) < 4.78 is 4.54. The Morgan fingerprint density at radius 1 is 1.00 bits per heavy atom. The summed E-state index contributed by atoms with van der Waals surface area (Å²) in [6.07, 6.45) is 8.64. The molecule has 5 heteroatoms. The maximum Gasteiger partial charge on any atom is 0.409 e. The molecule has 0 bridgehead atoms.